The second kappa shape index (κ2) is 8.05. The van der Waals surface area contributed by atoms with Gasteiger partial charge in [0, 0.05) is 33.8 Å². The van der Waals surface area contributed by atoms with Crippen molar-refractivity contribution >= 4 is 23.2 Å². The van der Waals surface area contributed by atoms with E-state index in [2.05, 4.69) is 34.2 Å². The van der Waals surface area contributed by atoms with Gasteiger partial charge in [0.15, 0.2) is 0 Å². The van der Waals surface area contributed by atoms with Gasteiger partial charge in [-0.25, -0.2) is 0 Å². The van der Waals surface area contributed by atoms with Crippen LogP contribution in [0.3, 0.4) is 0 Å². The summed E-state index contributed by atoms with van der Waals surface area (Å²) in [6.07, 6.45) is 2.30. The molecule has 140 valence electrons. The van der Waals surface area contributed by atoms with Crippen molar-refractivity contribution in [1.29, 1.82) is 0 Å². The van der Waals surface area contributed by atoms with Gasteiger partial charge in [-0.1, -0.05) is 47.5 Å². The summed E-state index contributed by atoms with van der Waals surface area (Å²) in [6.45, 7) is 5.36. The highest BCUT2D eigenvalue weighted by molar-refractivity contribution is 6.30. The minimum atomic E-state index is 0.542. The van der Waals surface area contributed by atoms with Crippen LogP contribution in [-0.4, -0.2) is 28.2 Å². The van der Waals surface area contributed by atoms with Crippen LogP contribution in [0.2, 0.25) is 10.0 Å². The first-order chi connectivity index (χ1) is 13.1. The Kier molecular flexibility index (Phi) is 5.53. The van der Waals surface area contributed by atoms with Crippen molar-refractivity contribution in [2.24, 2.45) is 0 Å². The van der Waals surface area contributed by atoms with Crippen molar-refractivity contribution < 1.29 is 0 Å². The average molecular weight is 400 g/mol. The molecule has 5 heteroatoms. The Morgan fingerprint density at radius 2 is 1.56 bits per heavy atom. The fraction of sp³-hybridized carbons (Fsp3) is 0.318. The zero-order valence-electron chi connectivity index (χ0n) is 15.4. The molecule has 1 saturated heterocycles. The normalized spacial score (nSPS) is 16.0. The number of H-pyrrole nitrogens is 1. The Labute approximate surface area is 170 Å². The topological polar surface area (TPSA) is 31.9 Å². The van der Waals surface area contributed by atoms with Gasteiger partial charge in [0.1, 0.15) is 0 Å². The predicted molar refractivity (Wildman–Crippen MR) is 112 cm³/mol. The standard InChI is InChI=1S/C22H23Cl2N3/c1-15-21(17-4-8-20(24)9-5-17)25-26-22(15)18-10-12-27(13-11-18)14-16-2-6-19(23)7-3-16/h2-9,18H,10-14H2,1H3,(H,25,26). The molecule has 3 aromatic rings. The number of rotatable bonds is 4. The van der Waals surface area contributed by atoms with Gasteiger partial charge in [0.25, 0.3) is 0 Å². The van der Waals surface area contributed by atoms with Crippen molar-refractivity contribution in [2.45, 2.75) is 32.2 Å². The SMILES string of the molecule is Cc1c(-c2ccc(Cl)cc2)n[nH]c1C1CCN(Cc2ccc(Cl)cc2)CC1. The first-order valence-corrected chi connectivity index (χ1v) is 10.1. The lowest BCUT2D eigenvalue weighted by Gasteiger charge is -2.31. The van der Waals surface area contributed by atoms with Crippen LogP contribution in [0.5, 0.6) is 0 Å². The van der Waals surface area contributed by atoms with E-state index >= 15 is 0 Å². The summed E-state index contributed by atoms with van der Waals surface area (Å²) in [6, 6.07) is 16.1. The maximum Gasteiger partial charge on any atom is 0.0952 e. The highest BCUT2D eigenvalue weighted by Gasteiger charge is 2.24. The number of halogens is 2. The van der Waals surface area contributed by atoms with E-state index in [0.717, 1.165) is 53.8 Å². The van der Waals surface area contributed by atoms with Crippen LogP contribution in [-0.2, 0) is 6.54 Å². The molecule has 0 amide bonds. The molecule has 1 aliphatic heterocycles. The molecule has 27 heavy (non-hydrogen) atoms. The average Bonchev–Trinajstić information content (AvgIpc) is 3.06. The molecule has 0 unspecified atom stereocenters. The smallest absolute Gasteiger partial charge is 0.0952 e. The summed E-state index contributed by atoms with van der Waals surface area (Å²) in [4.78, 5) is 2.52. The van der Waals surface area contributed by atoms with Crippen LogP contribution in [0.25, 0.3) is 11.3 Å². The number of hydrogen-bond donors (Lipinski definition) is 1. The molecular weight excluding hydrogens is 377 g/mol. The number of likely N-dealkylation sites (tertiary alicyclic amines) is 1. The number of aromatic nitrogens is 2. The Hall–Kier alpha value is -1.81. The highest BCUT2D eigenvalue weighted by atomic mass is 35.5. The van der Waals surface area contributed by atoms with E-state index in [4.69, 9.17) is 23.2 Å². The third-order valence-corrected chi connectivity index (χ3v) is 5.98. The first kappa shape index (κ1) is 18.5. The molecule has 0 spiro atoms. The molecule has 1 N–H and O–H groups in total. The summed E-state index contributed by atoms with van der Waals surface area (Å²) in [7, 11) is 0. The fourth-order valence-corrected chi connectivity index (χ4v) is 4.18. The first-order valence-electron chi connectivity index (χ1n) is 9.38. The van der Waals surface area contributed by atoms with E-state index in [9.17, 15) is 0 Å². The third-order valence-electron chi connectivity index (χ3n) is 5.48. The van der Waals surface area contributed by atoms with Crippen LogP contribution >= 0.6 is 23.2 Å². The molecule has 0 saturated carbocycles. The maximum absolute atomic E-state index is 6.01. The number of aromatic amines is 1. The number of hydrogen-bond acceptors (Lipinski definition) is 2. The molecule has 1 aromatic heterocycles. The largest absolute Gasteiger partial charge is 0.299 e. The predicted octanol–water partition coefficient (Wildman–Crippen LogP) is 6.07. The molecule has 0 aliphatic carbocycles. The third kappa shape index (κ3) is 4.21. The van der Waals surface area contributed by atoms with E-state index in [-0.39, 0.29) is 0 Å². The van der Waals surface area contributed by atoms with Gasteiger partial charge in [-0.3, -0.25) is 10.00 Å². The Bertz CT molecular complexity index is 892. The molecule has 4 rings (SSSR count). The second-order valence-electron chi connectivity index (χ2n) is 7.29. The van der Waals surface area contributed by atoms with Gasteiger partial charge in [0.05, 0.1) is 5.69 Å². The van der Waals surface area contributed by atoms with Crippen molar-refractivity contribution in [3.63, 3.8) is 0 Å². The van der Waals surface area contributed by atoms with Crippen LogP contribution in [0.15, 0.2) is 48.5 Å². The van der Waals surface area contributed by atoms with E-state index in [1.165, 1.54) is 16.8 Å². The van der Waals surface area contributed by atoms with E-state index in [1.54, 1.807) is 0 Å². The molecule has 1 aliphatic rings. The van der Waals surface area contributed by atoms with Gasteiger partial charge >= 0.3 is 0 Å². The number of nitrogens with zero attached hydrogens (tertiary/aromatic N) is 2. The molecule has 3 nitrogen and oxygen atoms in total. The van der Waals surface area contributed by atoms with E-state index < -0.39 is 0 Å². The van der Waals surface area contributed by atoms with Crippen molar-refractivity contribution in [2.75, 3.05) is 13.1 Å². The van der Waals surface area contributed by atoms with Crippen molar-refractivity contribution in [3.05, 3.63) is 75.4 Å². The number of benzene rings is 2. The van der Waals surface area contributed by atoms with E-state index in [0.29, 0.717) is 5.92 Å². The van der Waals surface area contributed by atoms with Crippen molar-refractivity contribution in [1.82, 2.24) is 15.1 Å². The summed E-state index contributed by atoms with van der Waals surface area (Å²) in [5.74, 6) is 0.542. The zero-order chi connectivity index (χ0) is 18.8. The Morgan fingerprint density at radius 3 is 2.19 bits per heavy atom. The van der Waals surface area contributed by atoms with Gasteiger partial charge in [-0.15, -0.1) is 0 Å². The number of nitrogens with one attached hydrogen (secondary N) is 1. The maximum atomic E-state index is 6.01. The molecule has 2 aromatic carbocycles. The zero-order valence-corrected chi connectivity index (χ0v) is 16.9. The summed E-state index contributed by atoms with van der Waals surface area (Å²) in [5.41, 5.74) is 6.00. The number of piperidine rings is 1. The van der Waals surface area contributed by atoms with Crippen LogP contribution in [0.4, 0.5) is 0 Å². The molecule has 0 atom stereocenters. The van der Waals surface area contributed by atoms with E-state index in [1.807, 2.05) is 36.4 Å². The highest BCUT2D eigenvalue weighted by Crippen LogP contribution is 2.33. The van der Waals surface area contributed by atoms with Crippen LogP contribution in [0, 0.1) is 6.92 Å². The Morgan fingerprint density at radius 1 is 0.963 bits per heavy atom. The van der Waals surface area contributed by atoms with Gasteiger partial charge < -0.3 is 0 Å². The monoisotopic (exact) mass is 399 g/mol. The molecule has 2 heterocycles. The fourth-order valence-electron chi connectivity index (χ4n) is 3.93. The lowest BCUT2D eigenvalue weighted by atomic mass is 9.90. The van der Waals surface area contributed by atoms with Gasteiger partial charge in [0.2, 0.25) is 0 Å². The quantitative estimate of drug-likeness (QED) is 0.576. The lowest BCUT2D eigenvalue weighted by Crippen LogP contribution is -2.32. The summed E-state index contributed by atoms with van der Waals surface area (Å²) in [5, 5.41) is 9.45. The Balaban J connectivity index is 1.41. The molecule has 1 fully saturated rings. The lowest BCUT2D eigenvalue weighted by molar-refractivity contribution is 0.203. The van der Waals surface area contributed by atoms with Crippen molar-refractivity contribution in [3.8, 4) is 11.3 Å². The molecular formula is C22H23Cl2N3. The van der Waals surface area contributed by atoms with Crippen LogP contribution in [0.1, 0.15) is 35.6 Å². The molecule has 0 bridgehead atoms. The summed E-state index contributed by atoms with van der Waals surface area (Å²) < 4.78 is 0. The van der Waals surface area contributed by atoms with Crippen LogP contribution < -0.4 is 0 Å². The van der Waals surface area contributed by atoms with Gasteiger partial charge in [-0.05, 0) is 68.2 Å². The minimum absolute atomic E-state index is 0.542. The second-order valence-corrected chi connectivity index (χ2v) is 8.17. The van der Waals surface area contributed by atoms with Gasteiger partial charge in [-0.2, -0.15) is 5.10 Å². The minimum Gasteiger partial charge on any atom is -0.299 e. The molecule has 0 radical (unpaired) electrons. The summed E-state index contributed by atoms with van der Waals surface area (Å²) >= 11 is 12.0.